The summed E-state index contributed by atoms with van der Waals surface area (Å²) >= 11 is 0. The number of H-pyrrole nitrogens is 1. The van der Waals surface area contributed by atoms with Crippen LogP contribution in [0.2, 0.25) is 0 Å². The Balaban J connectivity index is 1.56. The van der Waals surface area contributed by atoms with Crippen molar-refractivity contribution in [3.63, 3.8) is 0 Å². The molecule has 0 amide bonds. The van der Waals surface area contributed by atoms with Gasteiger partial charge in [-0.15, -0.1) is 0 Å². The molecule has 2 aromatic heterocycles. The number of hydrogen-bond acceptors (Lipinski definition) is 5. The topological polar surface area (TPSA) is 105 Å². The third-order valence-electron chi connectivity index (χ3n) is 5.23. The third-order valence-corrected chi connectivity index (χ3v) is 6.52. The first-order chi connectivity index (χ1) is 15.6. The fraction of sp³-hybridized carbons (Fsp3) is 0.240. The first-order valence-electron chi connectivity index (χ1n) is 10.6. The lowest BCUT2D eigenvalue weighted by molar-refractivity contribution is 0.0860. The van der Waals surface area contributed by atoms with Crippen molar-refractivity contribution in [2.24, 2.45) is 5.41 Å². The number of Topliss-reactive ketones (excluding diaryl/α,β-unsaturated/α-hetero) is 1. The molecule has 4 aromatic rings. The van der Waals surface area contributed by atoms with E-state index < -0.39 is 15.4 Å². The molecule has 2 aromatic carbocycles. The van der Waals surface area contributed by atoms with Crippen LogP contribution < -0.4 is 4.72 Å². The molecule has 170 valence electrons. The predicted molar refractivity (Wildman–Crippen MR) is 129 cm³/mol. The number of benzene rings is 2. The van der Waals surface area contributed by atoms with E-state index in [4.69, 9.17) is 4.98 Å². The van der Waals surface area contributed by atoms with E-state index in [1.165, 1.54) is 0 Å². The highest BCUT2D eigenvalue weighted by Crippen LogP contribution is 2.27. The summed E-state index contributed by atoms with van der Waals surface area (Å²) in [5.41, 5.74) is 3.98. The van der Waals surface area contributed by atoms with Gasteiger partial charge in [0.2, 0.25) is 10.0 Å². The van der Waals surface area contributed by atoms with Gasteiger partial charge in [-0.05, 0) is 17.2 Å². The minimum atomic E-state index is -3.48. The second-order valence-electron chi connectivity index (χ2n) is 9.00. The molecular weight excluding hydrogens is 436 g/mol. The van der Waals surface area contributed by atoms with Crippen LogP contribution in [0.3, 0.4) is 0 Å². The minimum Gasteiger partial charge on any atom is -0.344 e. The number of aromatic nitrogens is 3. The first-order valence-corrected chi connectivity index (χ1v) is 12.3. The summed E-state index contributed by atoms with van der Waals surface area (Å²) in [5, 5.41) is 0. The van der Waals surface area contributed by atoms with Crippen LogP contribution in [0.5, 0.6) is 0 Å². The lowest BCUT2D eigenvalue weighted by atomic mass is 9.87. The maximum Gasteiger partial charge on any atom is 0.216 e. The molecule has 33 heavy (non-hydrogen) atoms. The quantitative estimate of drug-likeness (QED) is 0.394. The lowest BCUT2D eigenvalue weighted by Crippen LogP contribution is -2.24. The molecule has 2 heterocycles. The minimum absolute atomic E-state index is 0.0122. The van der Waals surface area contributed by atoms with Crippen LogP contribution in [-0.2, 0) is 22.3 Å². The van der Waals surface area contributed by atoms with Crippen molar-refractivity contribution in [3.05, 3.63) is 83.7 Å². The Kier molecular flexibility index (Phi) is 6.14. The van der Waals surface area contributed by atoms with E-state index in [0.29, 0.717) is 22.4 Å². The monoisotopic (exact) mass is 462 g/mol. The molecule has 0 spiro atoms. The standard InChI is InChI=1S/C25H26N4O3S/c1-25(2,3)23(30)20-14-26-24-22(20)29-21(15-27-24)19-11-7-10-18(12-19)13-28-33(31,32)16-17-8-5-4-6-9-17/h4-12,14-15,28H,13,16H2,1-3H3,(H,26,27). The molecule has 0 unspecified atom stereocenters. The summed E-state index contributed by atoms with van der Waals surface area (Å²) in [6.45, 7) is 5.77. The zero-order chi connectivity index (χ0) is 23.6. The van der Waals surface area contributed by atoms with E-state index in [2.05, 4.69) is 14.7 Å². The molecule has 8 heteroatoms. The Morgan fingerprint density at radius 2 is 1.76 bits per heavy atom. The number of sulfonamides is 1. The summed E-state index contributed by atoms with van der Waals surface area (Å²) in [6, 6.07) is 16.5. The van der Waals surface area contributed by atoms with E-state index in [1.807, 2.05) is 63.2 Å². The van der Waals surface area contributed by atoms with Gasteiger partial charge in [0.15, 0.2) is 11.4 Å². The first kappa shape index (κ1) is 22.8. The zero-order valence-electron chi connectivity index (χ0n) is 18.8. The fourth-order valence-electron chi connectivity index (χ4n) is 3.49. The van der Waals surface area contributed by atoms with E-state index in [9.17, 15) is 13.2 Å². The van der Waals surface area contributed by atoms with E-state index in [-0.39, 0.29) is 18.1 Å². The molecule has 0 radical (unpaired) electrons. The summed E-state index contributed by atoms with van der Waals surface area (Å²) < 4.78 is 27.6. The molecule has 7 nitrogen and oxygen atoms in total. The summed E-state index contributed by atoms with van der Waals surface area (Å²) in [4.78, 5) is 24.9. The van der Waals surface area contributed by atoms with Crippen molar-refractivity contribution >= 4 is 27.0 Å². The Labute approximate surface area is 193 Å². The number of ketones is 1. The van der Waals surface area contributed by atoms with E-state index >= 15 is 0 Å². The molecule has 0 aliphatic heterocycles. The second kappa shape index (κ2) is 8.88. The summed E-state index contributed by atoms with van der Waals surface area (Å²) in [7, 11) is -3.48. The molecule has 0 aliphatic carbocycles. The number of fused-ring (bicyclic) bond motifs is 1. The number of nitrogens with one attached hydrogen (secondary N) is 2. The van der Waals surface area contributed by atoms with Gasteiger partial charge in [-0.1, -0.05) is 69.3 Å². The molecule has 4 rings (SSSR count). The Morgan fingerprint density at radius 3 is 2.48 bits per heavy atom. The van der Waals surface area contributed by atoms with Gasteiger partial charge in [0, 0.05) is 23.7 Å². The van der Waals surface area contributed by atoms with Gasteiger partial charge < -0.3 is 4.98 Å². The normalized spacial score (nSPS) is 12.2. The van der Waals surface area contributed by atoms with Gasteiger partial charge in [0.1, 0.15) is 5.52 Å². The zero-order valence-corrected chi connectivity index (χ0v) is 19.6. The predicted octanol–water partition coefficient (Wildman–Crippen LogP) is 4.47. The third kappa shape index (κ3) is 5.35. The van der Waals surface area contributed by atoms with Gasteiger partial charge >= 0.3 is 0 Å². The molecule has 0 saturated heterocycles. The Bertz CT molecular complexity index is 1400. The van der Waals surface area contributed by atoms with Gasteiger partial charge in [-0.3, -0.25) is 4.79 Å². The van der Waals surface area contributed by atoms with Gasteiger partial charge in [0.05, 0.1) is 23.2 Å². The van der Waals surface area contributed by atoms with Gasteiger partial charge in [0.25, 0.3) is 0 Å². The molecule has 0 fully saturated rings. The van der Waals surface area contributed by atoms with Crippen LogP contribution in [0, 0.1) is 5.41 Å². The lowest BCUT2D eigenvalue weighted by Gasteiger charge is -2.15. The van der Waals surface area contributed by atoms with Crippen LogP contribution in [0.15, 0.2) is 67.0 Å². The van der Waals surface area contributed by atoms with Crippen LogP contribution in [0.25, 0.3) is 22.4 Å². The molecule has 2 N–H and O–H groups in total. The Hall–Kier alpha value is -3.36. The number of rotatable bonds is 7. The van der Waals surface area contributed by atoms with Crippen molar-refractivity contribution in [1.29, 1.82) is 0 Å². The smallest absolute Gasteiger partial charge is 0.216 e. The van der Waals surface area contributed by atoms with Crippen LogP contribution >= 0.6 is 0 Å². The van der Waals surface area contributed by atoms with Crippen LogP contribution in [0.1, 0.15) is 42.3 Å². The molecule has 0 bridgehead atoms. The van der Waals surface area contributed by atoms with E-state index in [0.717, 1.165) is 16.7 Å². The summed E-state index contributed by atoms with van der Waals surface area (Å²) in [6.07, 6.45) is 3.29. The SMILES string of the molecule is CC(C)(C)C(=O)c1c[nH]c2ncc(-c3cccc(CNS(=O)(=O)Cc4ccccc4)c3)nc12. The van der Waals surface area contributed by atoms with Crippen molar-refractivity contribution < 1.29 is 13.2 Å². The van der Waals surface area contributed by atoms with Crippen LogP contribution in [0.4, 0.5) is 0 Å². The summed E-state index contributed by atoms with van der Waals surface area (Å²) in [5.74, 6) is -0.0879. The number of carbonyl (C=O) groups excluding carboxylic acids is 1. The maximum atomic E-state index is 12.8. The number of aromatic amines is 1. The van der Waals surface area contributed by atoms with E-state index in [1.54, 1.807) is 24.5 Å². The van der Waals surface area contributed by atoms with Crippen molar-refractivity contribution in [2.45, 2.75) is 33.1 Å². The van der Waals surface area contributed by atoms with Gasteiger partial charge in [-0.25, -0.2) is 23.1 Å². The number of carbonyl (C=O) groups is 1. The Morgan fingerprint density at radius 1 is 1.03 bits per heavy atom. The number of nitrogens with zero attached hydrogens (tertiary/aromatic N) is 2. The van der Waals surface area contributed by atoms with Crippen molar-refractivity contribution in [3.8, 4) is 11.3 Å². The van der Waals surface area contributed by atoms with Crippen molar-refractivity contribution in [1.82, 2.24) is 19.7 Å². The maximum absolute atomic E-state index is 12.8. The molecule has 0 saturated carbocycles. The largest absolute Gasteiger partial charge is 0.344 e. The highest BCUT2D eigenvalue weighted by Gasteiger charge is 2.26. The fourth-order valence-corrected chi connectivity index (χ4v) is 4.61. The van der Waals surface area contributed by atoms with Gasteiger partial charge in [-0.2, -0.15) is 0 Å². The highest BCUT2D eigenvalue weighted by atomic mass is 32.2. The average Bonchev–Trinajstić information content (AvgIpc) is 3.20. The van der Waals surface area contributed by atoms with Crippen molar-refractivity contribution in [2.75, 3.05) is 0 Å². The second-order valence-corrected chi connectivity index (χ2v) is 10.8. The molecular formula is C25H26N4O3S. The highest BCUT2D eigenvalue weighted by molar-refractivity contribution is 7.88. The number of hydrogen-bond donors (Lipinski definition) is 2. The van der Waals surface area contributed by atoms with Crippen LogP contribution in [-0.4, -0.2) is 29.2 Å². The average molecular weight is 463 g/mol. The molecule has 0 atom stereocenters. The molecule has 0 aliphatic rings.